The van der Waals surface area contributed by atoms with Gasteiger partial charge in [-0.1, -0.05) is 27.5 Å². The van der Waals surface area contributed by atoms with E-state index in [0.29, 0.717) is 43.6 Å². The molecule has 2 aliphatic heterocycles. The number of halogens is 1. The lowest BCUT2D eigenvalue weighted by Crippen LogP contribution is -2.40. The van der Waals surface area contributed by atoms with Crippen LogP contribution >= 0.6 is 15.9 Å². The Kier molecular flexibility index (Phi) is 8.04. The summed E-state index contributed by atoms with van der Waals surface area (Å²) in [6.45, 7) is 3.05. The minimum absolute atomic E-state index is 0.0718. The average molecular weight is 589 g/mol. The third kappa shape index (κ3) is 6.28. The Morgan fingerprint density at radius 2 is 1.73 bits per heavy atom. The largest absolute Gasteiger partial charge is 0.338 e. The molecule has 2 fully saturated rings. The zero-order valence-corrected chi connectivity index (χ0v) is 22.9. The van der Waals surface area contributed by atoms with Crippen LogP contribution in [-0.4, -0.2) is 59.8 Å². The molecule has 37 heavy (non-hydrogen) atoms. The fourth-order valence-corrected chi connectivity index (χ4v) is 6.63. The van der Waals surface area contributed by atoms with Gasteiger partial charge in [0.25, 0.3) is 0 Å². The summed E-state index contributed by atoms with van der Waals surface area (Å²) in [5.74, 6) is 0.806. The van der Waals surface area contributed by atoms with Crippen LogP contribution in [0.3, 0.4) is 0 Å². The normalized spacial score (nSPS) is 19.5. The summed E-state index contributed by atoms with van der Waals surface area (Å²) in [6.07, 6.45) is 4.53. The van der Waals surface area contributed by atoms with Gasteiger partial charge in [0.2, 0.25) is 27.6 Å². The van der Waals surface area contributed by atoms with E-state index >= 15 is 0 Å². The van der Waals surface area contributed by atoms with Gasteiger partial charge >= 0.3 is 0 Å². The van der Waals surface area contributed by atoms with Gasteiger partial charge in [0.1, 0.15) is 0 Å². The zero-order chi connectivity index (χ0) is 25.8. The molecule has 0 saturated carbocycles. The Balaban J connectivity index is 1.16. The number of hydrogen-bond acceptors (Lipinski definition) is 7. The Labute approximate surface area is 225 Å². The van der Waals surface area contributed by atoms with E-state index in [1.165, 1.54) is 0 Å². The van der Waals surface area contributed by atoms with E-state index in [-0.39, 0.29) is 16.7 Å². The average Bonchev–Trinajstić information content (AvgIpc) is 3.38. The van der Waals surface area contributed by atoms with Crippen LogP contribution in [-0.2, 0) is 21.4 Å². The Morgan fingerprint density at radius 3 is 2.46 bits per heavy atom. The SMILES string of the molecule is O=C(Nc1ccc(S(=O)(=O)N2CCCCC2)cc1)C1CCCN(Cc2nc(-c3ccc(Br)cc3)no2)C1. The highest BCUT2D eigenvalue weighted by Crippen LogP contribution is 2.25. The molecule has 1 N–H and O–H groups in total. The van der Waals surface area contributed by atoms with Gasteiger partial charge in [-0.15, -0.1) is 0 Å². The van der Waals surface area contributed by atoms with Crippen molar-refractivity contribution in [3.8, 4) is 11.4 Å². The maximum atomic E-state index is 13.0. The second kappa shape index (κ2) is 11.4. The van der Waals surface area contributed by atoms with Gasteiger partial charge < -0.3 is 9.84 Å². The summed E-state index contributed by atoms with van der Waals surface area (Å²) in [5.41, 5.74) is 1.47. The van der Waals surface area contributed by atoms with E-state index in [1.807, 2.05) is 24.3 Å². The van der Waals surface area contributed by atoms with Crippen molar-refractivity contribution in [2.24, 2.45) is 5.92 Å². The van der Waals surface area contributed by atoms with Crippen molar-refractivity contribution in [2.75, 3.05) is 31.5 Å². The van der Waals surface area contributed by atoms with Crippen LogP contribution < -0.4 is 5.32 Å². The fraction of sp³-hybridized carbons (Fsp3) is 0.423. The molecule has 9 nitrogen and oxygen atoms in total. The molecule has 0 aliphatic carbocycles. The van der Waals surface area contributed by atoms with Crippen LogP contribution in [0.15, 0.2) is 62.4 Å². The van der Waals surface area contributed by atoms with Crippen LogP contribution in [0.5, 0.6) is 0 Å². The van der Waals surface area contributed by atoms with Crippen molar-refractivity contribution in [3.63, 3.8) is 0 Å². The van der Waals surface area contributed by atoms with E-state index < -0.39 is 10.0 Å². The van der Waals surface area contributed by atoms with Crippen LogP contribution in [0.25, 0.3) is 11.4 Å². The summed E-state index contributed by atoms with van der Waals surface area (Å²) in [7, 11) is -3.49. The van der Waals surface area contributed by atoms with E-state index in [4.69, 9.17) is 4.52 Å². The highest BCUT2D eigenvalue weighted by molar-refractivity contribution is 9.10. The number of benzene rings is 2. The van der Waals surface area contributed by atoms with Crippen LogP contribution in [0, 0.1) is 5.92 Å². The van der Waals surface area contributed by atoms with Crippen molar-refractivity contribution in [3.05, 3.63) is 58.9 Å². The lowest BCUT2D eigenvalue weighted by molar-refractivity contribution is -0.121. The topological polar surface area (TPSA) is 109 Å². The van der Waals surface area contributed by atoms with Gasteiger partial charge in [0.05, 0.1) is 17.4 Å². The van der Waals surface area contributed by atoms with Crippen molar-refractivity contribution in [2.45, 2.75) is 43.5 Å². The van der Waals surface area contributed by atoms with Gasteiger partial charge in [-0.2, -0.15) is 9.29 Å². The van der Waals surface area contributed by atoms with Gasteiger partial charge in [0.15, 0.2) is 0 Å². The number of likely N-dealkylation sites (tertiary alicyclic amines) is 1. The smallest absolute Gasteiger partial charge is 0.243 e. The second-order valence-corrected chi connectivity index (χ2v) is 12.4. The van der Waals surface area contributed by atoms with Crippen molar-refractivity contribution in [1.29, 1.82) is 0 Å². The van der Waals surface area contributed by atoms with Gasteiger partial charge in [0, 0.05) is 35.4 Å². The molecular weight excluding hydrogens is 558 g/mol. The molecule has 11 heteroatoms. The molecule has 1 unspecified atom stereocenters. The Morgan fingerprint density at radius 1 is 1.00 bits per heavy atom. The minimum Gasteiger partial charge on any atom is -0.338 e. The Bertz CT molecular complexity index is 1320. The second-order valence-electron chi connectivity index (χ2n) is 9.57. The third-order valence-electron chi connectivity index (χ3n) is 6.88. The lowest BCUT2D eigenvalue weighted by atomic mass is 9.97. The van der Waals surface area contributed by atoms with E-state index in [2.05, 4.69) is 36.3 Å². The number of hydrogen-bond donors (Lipinski definition) is 1. The molecule has 1 aromatic heterocycles. The molecule has 2 aromatic carbocycles. The van der Waals surface area contributed by atoms with E-state index in [9.17, 15) is 13.2 Å². The molecular formula is C26H30BrN5O4S. The zero-order valence-electron chi connectivity index (χ0n) is 20.5. The Hall–Kier alpha value is -2.60. The summed E-state index contributed by atoms with van der Waals surface area (Å²) < 4.78 is 33.7. The number of piperidine rings is 2. The van der Waals surface area contributed by atoms with Crippen molar-refractivity contribution < 1.29 is 17.7 Å². The predicted octanol–water partition coefficient (Wildman–Crippen LogP) is 4.52. The molecule has 0 radical (unpaired) electrons. The van der Waals surface area contributed by atoms with Gasteiger partial charge in [-0.25, -0.2) is 8.42 Å². The number of anilines is 1. The van der Waals surface area contributed by atoms with E-state index in [1.54, 1.807) is 28.6 Å². The fourth-order valence-electron chi connectivity index (χ4n) is 4.85. The summed E-state index contributed by atoms with van der Waals surface area (Å²) in [6, 6.07) is 14.2. The number of amides is 1. The number of nitrogens with one attached hydrogen (secondary N) is 1. The maximum absolute atomic E-state index is 13.0. The molecule has 0 spiro atoms. The summed E-state index contributed by atoms with van der Waals surface area (Å²) in [4.78, 5) is 19.9. The summed E-state index contributed by atoms with van der Waals surface area (Å²) in [5, 5.41) is 7.05. The predicted molar refractivity (Wildman–Crippen MR) is 143 cm³/mol. The highest BCUT2D eigenvalue weighted by Gasteiger charge is 2.28. The number of carbonyl (C=O) groups excluding carboxylic acids is 1. The maximum Gasteiger partial charge on any atom is 0.243 e. The standard InChI is InChI=1S/C26H30BrN5O4S/c27-21-8-6-19(7-9-21)25-29-24(36-30-25)18-31-14-4-5-20(17-31)26(33)28-22-10-12-23(13-11-22)37(34,35)32-15-2-1-3-16-32/h6-13,20H,1-5,14-18H2,(H,28,33). The molecule has 1 atom stereocenters. The molecule has 1 amide bonds. The molecule has 3 heterocycles. The molecule has 196 valence electrons. The van der Waals surface area contributed by atoms with Crippen LogP contribution in [0.1, 0.15) is 38.0 Å². The monoisotopic (exact) mass is 587 g/mol. The summed E-state index contributed by atoms with van der Waals surface area (Å²) >= 11 is 3.42. The van der Waals surface area contributed by atoms with Crippen LogP contribution in [0.4, 0.5) is 5.69 Å². The van der Waals surface area contributed by atoms with Gasteiger partial charge in [-0.3, -0.25) is 9.69 Å². The first kappa shape index (κ1) is 26.0. The van der Waals surface area contributed by atoms with Crippen molar-refractivity contribution >= 4 is 37.5 Å². The minimum atomic E-state index is -3.49. The van der Waals surface area contributed by atoms with Crippen LogP contribution in [0.2, 0.25) is 0 Å². The highest BCUT2D eigenvalue weighted by atomic mass is 79.9. The first-order valence-electron chi connectivity index (χ1n) is 12.6. The first-order chi connectivity index (χ1) is 17.9. The molecule has 2 saturated heterocycles. The number of nitrogens with zero attached hydrogens (tertiary/aromatic N) is 4. The third-order valence-corrected chi connectivity index (χ3v) is 9.32. The lowest BCUT2D eigenvalue weighted by Gasteiger charge is -2.30. The number of aromatic nitrogens is 2. The first-order valence-corrected chi connectivity index (χ1v) is 14.8. The molecule has 2 aliphatic rings. The molecule has 3 aromatic rings. The molecule has 0 bridgehead atoms. The number of sulfonamides is 1. The van der Waals surface area contributed by atoms with Crippen molar-refractivity contribution in [1.82, 2.24) is 19.3 Å². The number of carbonyl (C=O) groups is 1. The molecule has 5 rings (SSSR count). The number of rotatable bonds is 7. The van der Waals surface area contributed by atoms with Gasteiger partial charge in [-0.05, 0) is 80.8 Å². The van der Waals surface area contributed by atoms with E-state index in [0.717, 1.165) is 48.7 Å². The quantitative estimate of drug-likeness (QED) is 0.432.